The van der Waals surface area contributed by atoms with Crippen molar-refractivity contribution in [1.29, 1.82) is 0 Å². The fourth-order valence-corrected chi connectivity index (χ4v) is 1.91. The van der Waals surface area contributed by atoms with E-state index >= 15 is 0 Å². The summed E-state index contributed by atoms with van der Waals surface area (Å²) in [6.45, 7) is 2.25. The summed E-state index contributed by atoms with van der Waals surface area (Å²) in [6.07, 6.45) is 1.66. The van der Waals surface area contributed by atoms with Crippen molar-refractivity contribution in [2.75, 3.05) is 5.73 Å². The first-order valence-electron chi connectivity index (χ1n) is 6.47. The maximum absolute atomic E-state index is 13.0. The topological polar surface area (TPSA) is 83.8 Å². The minimum Gasteiger partial charge on any atom is -0.395 e. The van der Waals surface area contributed by atoms with E-state index in [-0.39, 0.29) is 24.0 Å². The highest BCUT2D eigenvalue weighted by Gasteiger charge is 2.16. The lowest BCUT2D eigenvalue weighted by Crippen LogP contribution is -2.24. The Bertz CT molecular complexity index is 609. The molecule has 1 aromatic heterocycles. The summed E-state index contributed by atoms with van der Waals surface area (Å²) in [6, 6.07) is 6.06. The molecule has 0 radical (unpaired) electrons. The number of aromatic nitrogens is 2. The number of amides is 1. The number of halogens is 1. The number of hydrogen-bond acceptors (Lipinski definition) is 3. The van der Waals surface area contributed by atoms with Gasteiger partial charge in [0.15, 0.2) is 5.69 Å². The number of nitrogens with two attached hydrogens (primary N) is 1. The first-order valence-corrected chi connectivity index (χ1v) is 6.47. The van der Waals surface area contributed by atoms with Crippen LogP contribution in [0.3, 0.4) is 0 Å². The van der Waals surface area contributed by atoms with Crippen LogP contribution in [0.25, 0.3) is 0 Å². The molecule has 0 unspecified atom stereocenters. The fraction of sp³-hybridized carbons (Fsp3) is 0.286. The zero-order valence-electron chi connectivity index (χ0n) is 11.2. The van der Waals surface area contributed by atoms with E-state index in [9.17, 15) is 9.18 Å². The van der Waals surface area contributed by atoms with E-state index in [2.05, 4.69) is 15.5 Å². The van der Waals surface area contributed by atoms with Gasteiger partial charge in [-0.2, -0.15) is 5.10 Å². The lowest BCUT2D eigenvalue weighted by Gasteiger charge is -2.04. The number of anilines is 1. The summed E-state index contributed by atoms with van der Waals surface area (Å²) in [5.74, 6) is -0.702. The molecule has 0 aliphatic heterocycles. The average molecular weight is 276 g/mol. The van der Waals surface area contributed by atoms with Crippen LogP contribution in [0.2, 0.25) is 0 Å². The highest BCUT2D eigenvalue weighted by molar-refractivity contribution is 5.97. The Hall–Kier alpha value is -2.37. The van der Waals surface area contributed by atoms with Crippen LogP contribution in [0.15, 0.2) is 24.3 Å². The molecule has 0 aliphatic rings. The molecule has 0 saturated heterocycles. The highest BCUT2D eigenvalue weighted by Crippen LogP contribution is 2.15. The number of hydrogen-bond donors (Lipinski definition) is 3. The molecule has 2 rings (SSSR count). The number of nitrogens with zero attached hydrogens (tertiary/aromatic N) is 1. The number of aryl methyl sites for hydroxylation is 1. The molecule has 0 bridgehead atoms. The van der Waals surface area contributed by atoms with Crippen LogP contribution in [0.4, 0.5) is 10.1 Å². The largest absolute Gasteiger partial charge is 0.395 e. The van der Waals surface area contributed by atoms with Gasteiger partial charge in [-0.1, -0.05) is 25.5 Å². The first-order chi connectivity index (χ1) is 9.61. The fourth-order valence-electron chi connectivity index (χ4n) is 1.91. The SMILES string of the molecule is CCCc1[nH]nc(C(=O)NCc2cccc(F)c2)c1N. The van der Waals surface area contributed by atoms with E-state index in [1.165, 1.54) is 12.1 Å². The quantitative estimate of drug-likeness (QED) is 0.781. The molecule has 1 amide bonds. The number of aromatic amines is 1. The molecule has 20 heavy (non-hydrogen) atoms. The molecule has 0 saturated carbocycles. The molecule has 1 aromatic carbocycles. The Morgan fingerprint density at radius 3 is 3.00 bits per heavy atom. The molecule has 1 heterocycles. The Labute approximate surface area is 116 Å². The third-order valence-electron chi connectivity index (χ3n) is 2.94. The molecule has 0 aliphatic carbocycles. The van der Waals surface area contributed by atoms with E-state index in [0.717, 1.165) is 18.5 Å². The van der Waals surface area contributed by atoms with E-state index in [0.29, 0.717) is 11.3 Å². The molecule has 4 N–H and O–H groups in total. The number of nitrogens with one attached hydrogen (secondary N) is 2. The third kappa shape index (κ3) is 3.14. The summed E-state index contributed by atoms with van der Waals surface area (Å²) < 4.78 is 13.0. The standard InChI is InChI=1S/C14H17FN4O/c1-2-4-11-12(16)13(19-18-11)14(20)17-8-9-5-3-6-10(15)7-9/h3,5-7H,2,4,8,16H2,1H3,(H,17,20)(H,18,19). The van der Waals surface area contributed by atoms with E-state index < -0.39 is 0 Å². The normalized spacial score (nSPS) is 10.5. The average Bonchev–Trinajstić information content (AvgIpc) is 2.78. The summed E-state index contributed by atoms with van der Waals surface area (Å²) in [5, 5.41) is 9.37. The van der Waals surface area contributed by atoms with Crippen LogP contribution in [-0.4, -0.2) is 16.1 Å². The Morgan fingerprint density at radius 2 is 2.30 bits per heavy atom. The molecular weight excluding hydrogens is 259 g/mol. The molecule has 2 aromatic rings. The molecule has 106 valence electrons. The van der Waals surface area contributed by atoms with Gasteiger partial charge in [0.2, 0.25) is 0 Å². The van der Waals surface area contributed by atoms with Gasteiger partial charge in [0.1, 0.15) is 5.82 Å². The second-order valence-electron chi connectivity index (χ2n) is 4.53. The van der Waals surface area contributed by atoms with E-state index in [1.54, 1.807) is 12.1 Å². The van der Waals surface area contributed by atoms with Crippen molar-refractivity contribution in [1.82, 2.24) is 15.5 Å². The Morgan fingerprint density at radius 1 is 1.50 bits per heavy atom. The van der Waals surface area contributed by atoms with Gasteiger partial charge in [-0.3, -0.25) is 9.89 Å². The number of rotatable bonds is 5. The first kappa shape index (κ1) is 14.0. The zero-order chi connectivity index (χ0) is 14.5. The summed E-state index contributed by atoms with van der Waals surface area (Å²) >= 11 is 0. The van der Waals surface area contributed by atoms with Crippen molar-refractivity contribution in [3.8, 4) is 0 Å². The predicted octanol–water partition coefficient (Wildman–Crippen LogP) is 2.01. The third-order valence-corrected chi connectivity index (χ3v) is 2.94. The summed E-state index contributed by atoms with van der Waals surface area (Å²) in [4.78, 5) is 12.0. The van der Waals surface area contributed by atoms with Gasteiger partial charge >= 0.3 is 0 Å². The van der Waals surface area contributed by atoms with E-state index in [4.69, 9.17) is 5.73 Å². The van der Waals surface area contributed by atoms with Gasteiger partial charge in [-0.05, 0) is 24.1 Å². The van der Waals surface area contributed by atoms with Crippen LogP contribution in [0.1, 0.15) is 35.1 Å². The smallest absolute Gasteiger partial charge is 0.274 e. The number of carbonyl (C=O) groups excluding carboxylic acids is 1. The maximum atomic E-state index is 13.0. The van der Waals surface area contributed by atoms with Crippen LogP contribution in [-0.2, 0) is 13.0 Å². The van der Waals surface area contributed by atoms with Gasteiger partial charge in [0.05, 0.1) is 11.4 Å². The monoisotopic (exact) mass is 276 g/mol. The van der Waals surface area contributed by atoms with E-state index in [1.807, 2.05) is 6.92 Å². The second kappa shape index (κ2) is 6.18. The van der Waals surface area contributed by atoms with Crippen molar-refractivity contribution in [2.24, 2.45) is 0 Å². The van der Waals surface area contributed by atoms with Crippen molar-refractivity contribution < 1.29 is 9.18 Å². The van der Waals surface area contributed by atoms with Gasteiger partial charge in [-0.25, -0.2) is 4.39 Å². The molecule has 6 heteroatoms. The Kier molecular flexibility index (Phi) is 4.34. The van der Waals surface area contributed by atoms with Crippen LogP contribution in [0.5, 0.6) is 0 Å². The molecular formula is C14H17FN4O. The minimum absolute atomic E-state index is 0.185. The number of H-pyrrole nitrogens is 1. The van der Waals surface area contributed by atoms with Crippen molar-refractivity contribution in [3.63, 3.8) is 0 Å². The van der Waals surface area contributed by atoms with Gasteiger partial charge in [0, 0.05) is 6.54 Å². The lowest BCUT2D eigenvalue weighted by atomic mass is 10.2. The minimum atomic E-state index is -0.370. The van der Waals surface area contributed by atoms with Gasteiger partial charge in [-0.15, -0.1) is 0 Å². The van der Waals surface area contributed by atoms with Crippen molar-refractivity contribution in [3.05, 3.63) is 47.0 Å². The molecule has 0 spiro atoms. The second-order valence-corrected chi connectivity index (χ2v) is 4.53. The number of nitrogen functional groups attached to an aromatic ring is 1. The van der Waals surface area contributed by atoms with Crippen molar-refractivity contribution in [2.45, 2.75) is 26.3 Å². The van der Waals surface area contributed by atoms with Crippen LogP contribution >= 0.6 is 0 Å². The van der Waals surface area contributed by atoms with Crippen LogP contribution in [0, 0.1) is 5.82 Å². The predicted molar refractivity (Wildman–Crippen MR) is 74.6 cm³/mol. The maximum Gasteiger partial charge on any atom is 0.274 e. The van der Waals surface area contributed by atoms with Gasteiger partial charge < -0.3 is 11.1 Å². The number of benzene rings is 1. The molecule has 0 atom stereocenters. The summed E-state index contributed by atoms with van der Waals surface area (Å²) in [5.41, 5.74) is 7.88. The van der Waals surface area contributed by atoms with Crippen LogP contribution < -0.4 is 11.1 Å². The highest BCUT2D eigenvalue weighted by atomic mass is 19.1. The zero-order valence-corrected chi connectivity index (χ0v) is 11.2. The Balaban J connectivity index is 2.02. The molecule has 5 nitrogen and oxygen atoms in total. The van der Waals surface area contributed by atoms with Crippen molar-refractivity contribution >= 4 is 11.6 Å². The summed E-state index contributed by atoms with van der Waals surface area (Å²) in [7, 11) is 0. The van der Waals surface area contributed by atoms with Gasteiger partial charge in [0.25, 0.3) is 5.91 Å². The number of carbonyl (C=O) groups is 1. The molecule has 0 fully saturated rings. The lowest BCUT2D eigenvalue weighted by molar-refractivity contribution is 0.0946.